The van der Waals surface area contributed by atoms with Gasteiger partial charge in [-0.2, -0.15) is 4.31 Å². The van der Waals surface area contributed by atoms with Crippen molar-refractivity contribution < 1.29 is 18.3 Å². The number of fused-ring (bicyclic) bond motifs is 1. The second kappa shape index (κ2) is 5.47. The van der Waals surface area contributed by atoms with Crippen LogP contribution in [-0.4, -0.2) is 43.6 Å². The molecule has 7 heteroatoms. The third kappa shape index (κ3) is 2.73. The first kappa shape index (κ1) is 14.6. The minimum Gasteiger partial charge on any atom is -0.492 e. The number of hydrogen-bond acceptors (Lipinski definition) is 5. The maximum atomic E-state index is 12.8. The first-order chi connectivity index (χ1) is 9.98. The van der Waals surface area contributed by atoms with Crippen molar-refractivity contribution in [2.45, 2.75) is 36.7 Å². The molecule has 1 saturated heterocycles. The van der Waals surface area contributed by atoms with E-state index in [2.05, 4.69) is 0 Å². The third-order valence-corrected chi connectivity index (χ3v) is 5.84. The maximum Gasteiger partial charge on any atom is 0.246 e. The number of hydrogen-bond donors (Lipinski definition) is 2. The van der Waals surface area contributed by atoms with E-state index in [1.165, 1.54) is 10.4 Å². The number of nitrogens with two attached hydrogens (primary N) is 1. The fraction of sp³-hybridized carbons (Fsp3) is 0.571. The van der Waals surface area contributed by atoms with Crippen molar-refractivity contribution in [1.29, 1.82) is 0 Å². The second-order valence-corrected chi connectivity index (χ2v) is 7.52. The Morgan fingerprint density at radius 2 is 2.14 bits per heavy atom. The van der Waals surface area contributed by atoms with Crippen molar-refractivity contribution >= 4 is 15.7 Å². The van der Waals surface area contributed by atoms with Gasteiger partial charge in [0.05, 0.1) is 12.7 Å². The molecule has 2 heterocycles. The quantitative estimate of drug-likeness (QED) is 0.786. The minimum atomic E-state index is -3.69. The molecule has 2 aliphatic heterocycles. The summed E-state index contributed by atoms with van der Waals surface area (Å²) >= 11 is 0. The Labute approximate surface area is 124 Å². The molecule has 1 fully saturated rings. The molecule has 0 amide bonds. The zero-order valence-electron chi connectivity index (χ0n) is 11.8. The van der Waals surface area contributed by atoms with Crippen LogP contribution in [0.2, 0.25) is 0 Å². The highest BCUT2D eigenvalue weighted by atomic mass is 32.2. The maximum absolute atomic E-state index is 12.8. The van der Waals surface area contributed by atoms with E-state index >= 15 is 0 Å². The number of aliphatic hydroxyl groups is 1. The fourth-order valence-electron chi connectivity index (χ4n) is 2.94. The van der Waals surface area contributed by atoms with Crippen molar-refractivity contribution in [3.8, 4) is 5.75 Å². The van der Waals surface area contributed by atoms with Gasteiger partial charge in [-0.25, -0.2) is 8.42 Å². The summed E-state index contributed by atoms with van der Waals surface area (Å²) in [7, 11) is -3.69. The molecule has 6 nitrogen and oxygen atoms in total. The van der Waals surface area contributed by atoms with Crippen LogP contribution in [0.25, 0.3) is 0 Å². The number of anilines is 1. The van der Waals surface area contributed by atoms with Gasteiger partial charge in [0.25, 0.3) is 0 Å². The Morgan fingerprint density at radius 3 is 2.90 bits per heavy atom. The van der Waals surface area contributed by atoms with Crippen molar-refractivity contribution in [3.05, 3.63) is 17.7 Å². The van der Waals surface area contributed by atoms with E-state index in [-0.39, 0.29) is 11.4 Å². The number of β-amino-alcohol motifs (C(OH)–C–C–N with tert-alkyl or cyclic N) is 1. The van der Waals surface area contributed by atoms with E-state index in [0.29, 0.717) is 37.4 Å². The second-order valence-electron chi connectivity index (χ2n) is 5.62. The molecular formula is C14H20N2O4S. The number of aryl methyl sites for hydroxylation is 1. The first-order valence-corrected chi connectivity index (χ1v) is 8.66. The van der Waals surface area contributed by atoms with E-state index in [1.54, 1.807) is 6.07 Å². The molecule has 0 unspecified atom stereocenters. The zero-order chi connectivity index (χ0) is 15.0. The molecule has 0 aromatic heterocycles. The smallest absolute Gasteiger partial charge is 0.246 e. The Balaban J connectivity index is 2.04. The van der Waals surface area contributed by atoms with Crippen molar-refractivity contribution in [1.82, 2.24) is 4.31 Å². The van der Waals surface area contributed by atoms with Gasteiger partial charge in [0, 0.05) is 18.8 Å². The lowest BCUT2D eigenvalue weighted by molar-refractivity contribution is 0.108. The van der Waals surface area contributed by atoms with Crippen LogP contribution in [0.15, 0.2) is 17.0 Å². The molecule has 0 saturated carbocycles. The number of rotatable bonds is 2. The summed E-state index contributed by atoms with van der Waals surface area (Å²) in [4.78, 5) is 0.131. The number of nitrogen functional groups attached to an aromatic ring is 1. The number of sulfonamides is 1. The van der Waals surface area contributed by atoms with E-state index in [1.807, 2.05) is 0 Å². The predicted molar refractivity (Wildman–Crippen MR) is 78.7 cm³/mol. The number of piperidine rings is 1. The van der Waals surface area contributed by atoms with Gasteiger partial charge < -0.3 is 15.6 Å². The lowest BCUT2D eigenvalue weighted by Crippen LogP contribution is -2.42. The summed E-state index contributed by atoms with van der Waals surface area (Å²) in [6.07, 6.45) is 2.32. The van der Waals surface area contributed by atoms with Crippen LogP contribution < -0.4 is 10.5 Å². The first-order valence-electron chi connectivity index (χ1n) is 7.22. The lowest BCUT2D eigenvalue weighted by atomic mass is 10.1. The molecule has 1 atom stereocenters. The van der Waals surface area contributed by atoms with Crippen LogP contribution in [0.1, 0.15) is 24.8 Å². The average molecular weight is 312 g/mol. The Kier molecular flexibility index (Phi) is 3.81. The molecule has 0 spiro atoms. The zero-order valence-corrected chi connectivity index (χ0v) is 12.6. The summed E-state index contributed by atoms with van der Waals surface area (Å²) < 4.78 is 32.6. The fourth-order valence-corrected chi connectivity index (χ4v) is 4.67. The average Bonchev–Trinajstić information content (AvgIpc) is 2.46. The Morgan fingerprint density at radius 1 is 1.33 bits per heavy atom. The molecular weight excluding hydrogens is 292 g/mol. The van der Waals surface area contributed by atoms with Crippen LogP contribution in [0.4, 0.5) is 5.69 Å². The van der Waals surface area contributed by atoms with Gasteiger partial charge in [0.2, 0.25) is 10.0 Å². The molecule has 3 rings (SSSR count). The van der Waals surface area contributed by atoms with Crippen LogP contribution >= 0.6 is 0 Å². The van der Waals surface area contributed by atoms with Gasteiger partial charge in [-0.3, -0.25) is 0 Å². The summed E-state index contributed by atoms with van der Waals surface area (Å²) in [5.74, 6) is 0.426. The monoisotopic (exact) mass is 312 g/mol. The van der Waals surface area contributed by atoms with Crippen LogP contribution in [0.3, 0.4) is 0 Å². The summed E-state index contributed by atoms with van der Waals surface area (Å²) in [6.45, 7) is 1.07. The van der Waals surface area contributed by atoms with Crippen molar-refractivity contribution in [2.75, 3.05) is 25.4 Å². The highest BCUT2D eigenvalue weighted by Gasteiger charge is 2.33. The van der Waals surface area contributed by atoms with Crippen molar-refractivity contribution in [2.24, 2.45) is 0 Å². The van der Waals surface area contributed by atoms with Gasteiger partial charge >= 0.3 is 0 Å². The molecule has 0 radical (unpaired) electrons. The van der Waals surface area contributed by atoms with Crippen LogP contribution in [0, 0.1) is 0 Å². The highest BCUT2D eigenvalue weighted by Crippen LogP contribution is 2.36. The van der Waals surface area contributed by atoms with Crippen molar-refractivity contribution in [3.63, 3.8) is 0 Å². The normalized spacial score (nSPS) is 23.4. The third-order valence-electron chi connectivity index (χ3n) is 3.97. The largest absolute Gasteiger partial charge is 0.492 e. The molecule has 0 aliphatic carbocycles. The standard InChI is InChI=1S/C14H20N2O4S/c15-11-7-10-3-2-6-20-14(10)13(8-11)21(18,19)16-5-1-4-12(17)9-16/h7-8,12,17H,1-6,9,15H2/t12-/m0/s1. The molecule has 21 heavy (non-hydrogen) atoms. The SMILES string of the molecule is Nc1cc2c(c(S(=O)(=O)N3CCC[C@H](O)C3)c1)OCCC2. The van der Waals surface area contributed by atoms with Gasteiger partial charge in [-0.05, 0) is 43.4 Å². The van der Waals surface area contributed by atoms with E-state index in [0.717, 1.165) is 18.4 Å². The van der Waals surface area contributed by atoms with E-state index in [9.17, 15) is 13.5 Å². The summed E-state index contributed by atoms with van der Waals surface area (Å²) in [6, 6.07) is 3.24. The number of ether oxygens (including phenoxy) is 1. The Hall–Kier alpha value is -1.31. The predicted octanol–water partition coefficient (Wildman–Crippen LogP) is 0.739. The molecule has 116 valence electrons. The lowest BCUT2D eigenvalue weighted by Gasteiger charge is -2.30. The molecule has 2 aliphatic rings. The molecule has 1 aromatic rings. The van der Waals surface area contributed by atoms with Gasteiger partial charge in [0.1, 0.15) is 10.6 Å². The van der Waals surface area contributed by atoms with Crippen LogP contribution in [0.5, 0.6) is 5.75 Å². The summed E-state index contributed by atoms with van der Waals surface area (Å²) in [5.41, 5.74) is 7.12. The number of benzene rings is 1. The van der Waals surface area contributed by atoms with E-state index < -0.39 is 16.1 Å². The number of aliphatic hydroxyl groups excluding tert-OH is 1. The molecule has 1 aromatic carbocycles. The van der Waals surface area contributed by atoms with Crippen LogP contribution in [-0.2, 0) is 16.4 Å². The van der Waals surface area contributed by atoms with Gasteiger partial charge in [-0.1, -0.05) is 0 Å². The number of nitrogens with zero attached hydrogens (tertiary/aromatic N) is 1. The highest BCUT2D eigenvalue weighted by molar-refractivity contribution is 7.89. The van der Waals surface area contributed by atoms with Gasteiger partial charge in [-0.15, -0.1) is 0 Å². The van der Waals surface area contributed by atoms with Gasteiger partial charge in [0.15, 0.2) is 0 Å². The minimum absolute atomic E-state index is 0.131. The summed E-state index contributed by atoms with van der Waals surface area (Å²) in [5, 5.41) is 9.72. The van der Waals surface area contributed by atoms with E-state index in [4.69, 9.17) is 10.5 Å². The topological polar surface area (TPSA) is 92.9 Å². The molecule has 0 bridgehead atoms. The molecule has 3 N–H and O–H groups in total. The Bertz CT molecular complexity index is 645.